The van der Waals surface area contributed by atoms with E-state index in [4.69, 9.17) is 9.47 Å². The van der Waals surface area contributed by atoms with Crippen LogP contribution in [0.4, 0.5) is 0 Å². The Bertz CT molecular complexity index is 1060. The van der Waals surface area contributed by atoms with Gasteiger partial charge in [0.2, 0.25) is 5.91 Å². The second-order valence-corrected chi connectivity index (χ2v) is 6.78. The first kappa shape index (κ1) is 20.4. The molecule has 0 radical (unpaired) electrons. The van der Waals surface area contributed by atoms with E-state index in [0.29, 0.717) is 47.6 Å². The number of rotatable bonds is 8. The molecule has 7 heteroatoms. The molecule has 0 atom stereocenters. The van der Waals surface area contributed by atoms with E-state index in [-0.39, 0.29) is 17.9 Å². The van der Waals surface area contributed by atoms with Crippen LogP contribution in [-0.4, -0.2) is 48.6 Å². The zero-order valence-electron chi connectivity index (χ0n) is 16.9. The van der Waals surface area contributed by atoms with Crippen LogP contribution in [0, 0.1) is 0 Å². The number of carbonyl (C=O) groups is 1. The fourth-order valence-electron chi connectivity index (χ4n) is 3.13. The Morgan fingerprint density at radius 3 is 2.59 bits per heavy atom. The monoisotopic (exact) mass is 395 g/mol. The first-order valence-corrected chi connectivity index (χ1v) is 9.44. The molecule has 0 saturated heterocycles. The summed E-state index contributed by atoms with van der Waals surface area (Å²) in [6, 6.07) is 12.9. The van der Waals surface area contributed by atoms with E-state index in [2.05, 4.69) is 9.97 Å². The Kier molecular flexibility index (Phi) is 6.49. The predicted molar refractivity (Wildman–Crippen MR) is 112 cm³/mol. The Morgan fingerprint density at radius 1 is 1.07 bits per heavy atom. The van der Waals surface area contributed by atoms with Gasteiger partial charge in [0.05, 0.1) is 25.1 Å². The van der Waals surface area contributed by atoms with Crippen molar-refractivity contribution in [2.24, 2.45) is 0 Å². The van der Waals surface area contributed by atoms with Crippen molar-refractivity contribution in [1.82, 2.24) is 14.9 Å². The number of hydrogen-bond donors (Lipinski definition) is 1. The van der Waals surface area contributed by atoms with Crippen molar-refractivity contribution < 1.29 is 14.3 Å². The molecule has 3 rings (SSSR count). The zero-order valence-corrected chi connectivity index (χ0v) is 16.9. The summed E-state index contributed by atoms with van der Waals surface area (Å²) in [6.45, 7) is 0.579. The number of hydrogen-bond acceptors (Lipinski definition) is 5. The van der Waals surface area contributed by atoms with Gasteiger partial charge in [-0.15, -0.1) is 0 Å². The van der Waals surface area contributed by atoms with Gasteiger partial charge in [0.25, 0.3) is 5.56 Å². The Morgan fingerprint density at radius 2 is 1.83 bits per heavy atom. The van der Waals surface area contributed by atoms with Crippen LogP contribution >= 0.6 is 0 Å². The molecule has 7 nitrogen and oxygen atoms in total. The van der Waals surface area contributed by atoms with Gasteiger partial charge in [-0.3, -0.25) is 9.59 Å². The molecule has 29 heavy (non-hydrogen) atoms. The van der Waals surface area contributed by atoms with Crippen LogP contribution in [0.25, 0.3) is 10.9 Å². The van der Waals surface area contributed by atoms with Gasteiger partial charge in [-0.2, -0.15) is 0 Å². The fraction of sp³-hybridized carbons (Fsp3) is 0.318. The highest BCUT2D eigenvalue weighted by atomic mass is 16.5. The van der Waals surface area contributed by atoms with Crippen LogP contribution in [0.3, 0.4) is 0 Å². The Hall–Kier alpha value is -3.35. The largest absolute Gasteiger partial charge is 0.493 e. The number of benzene rings is 2. The van der Waals surface area contributed by atoms with Crippen molar-refractivity contribution in [2.45, 2.75) is 19.3 Å². The third-order valence-electron chi connectivity index (χ3n) is 4.85. The number of ether oxygens (including phenoxy) is 2. The SMILES string of the molecule is COc1ccc(CCN(C)C(=O)CCc2nc3ccccc3c(=O)[nH]2)cc1OC. The summed E-state index contributed by atoms with van der Waals surface area (Å²) < 4.78 is 10.6. The molecule has 3 aromatic rings. The number of para-hydroxylation sites is 1. The molecule has 0 fully saturated rings. The van der Waals surface area contributed by atoms with Crippen LogP contribution in [0.15, 0.2) is 47.3 Å². The molecule has 1 N–H and O–H groups in total. The lowest BCUT2D eigenvalue weighted by Crippen LogP contribution is -2.29. The van der Waals surface area contributed by atoms with E-state index in [1.54, 1.807) is 44.4 Å². The van der Waals surface area contributed by atoms with Crippen molar-refractivity contribution in [3.8, 4) is 11.5 Å². The standard InChI is InChI=1S/C22H25N3O4/c1-25(13-12-15-8-9-18(28-2)19(14-15)29-3)21(26)11-10-20-23-17-7-5-4-6-16(17)22(27)24-20/h4-9,14H,10-13H2,1-3H3,(H,23,24,27). The number of fused-ring (bicyclic) bond motifs is 1. The van der Waals surface area contributed by atoms with Crippen LogP contribution < -0.4 is 15.0 Å². The molecule has 152 valence electrons. The average molecular weight is 395 g/mol. The highest BCUT2D eigenvalue weighted by Crippen LogP contribution is 2.27. The topological polar surface area (TPSA) is 84.5 Å². The molecule has 1 heterocycles. The highest BCUT2D eigenvalue weighted by molar-refractivity contribution is 5.78. The van der Waals surface area contributed by atoms with Gasteiger partial charge in [-0.1, -0.05) is 18.2 Å². The predicted octanol–water partition coefficient (Wildman–Crippen LogP) is 2.57. The lowest BCUT2D eigenvalue weighted by molar-refractivity contribution is -0.129. The number of aromatic amines is 1. The lowest BCUT2D eigenvalue weighted by Gasteiger charge is -2.17. The van der Waals surface area contributed by atoms with Crippen LogP contribution in [0.5, 0.6) is 11.5 Å². The normalized spacial score (nSPS) is 10.7. The minimum atomic E-state index is -0.181. The summed E-state index contributed by atoms with van der Waals surface area (Å²) in [5.74, 6) is 1.87. The summed E-state index contributed by atoms with van der Waals surface area (Å²) in [6.07, 6.45) is 1.37. The molecule has 0 aliphatic carbocycles. The molecule has 2 aromatic carbocycles. The van der Waals surface area contributed by atoms with Gasteiger partial charge in [-0.25, -0.2) is 4.98 Å². The summed E-state index contributed by atoms with van der Waals surface area (Å²) in [5, 5.41) is 0.551. The molecule has 1 aromatic heterocycles. The molecular formula is C22H25N3O4. The average Bonchev–Trinajstić information content (AvgIpc) is 2.75. The van der Waals surface area contributed by atoms with E-state index in [0.717, 1.165) is 5.56 Å². The van der Waals surface area contributed by atoms with Crippen LogP contribution in [0.1, 0.15) is 17.8 Å². The molecular weight excluding hydrogens is 370 g/mol. The van der Waals surface area contributed by atoms with E-state index in [9.17, 15) is 9.59 Å². The summed E-state index contributed by atoms with van der Waals surface area (Å²) in [7, 11) is 4.98. The summed E-state index contributed by atoms with van der Waals surface area (Å²) in [4.78, 5) is 33.5. The van der Waals surface area contributed by atoms with Gasteiger partial charge < -0.3 is 19.4 Å². The number of aryl methyl sites for hydroxylation is 1. The molecule has 1 amide bonds. The maximum Gasteiger partial charge on any atom is 0.258 e. The maximum absolute atomic E-state index is 12.5. The number of nitrogens with one attached hydrogen (secondary N) is 1. The molecule has 0 bridgehead atoms. The third-order valence-corrected chi connectivity index (χ3v) is 4.85. The smallest absolute Gasteiger partial charge is 0.258 e. The van der Waals surface area contributed by atoms with Gasteiger partial charge >= 0.3 is 0 Å². The molecule has 0 unspecified atom stereocenters. The quantitative estimate of drug-likeness (QED) is 0.634. The molecule has 0 saturated carbocycles. The van der Waals surface area contributed by atoms with Crippen LogP contribution in [0.2, 0.25) is 0 Å². The number of nitrogens with zero attached hydrogens (tertiary/aromatic N) is 2. The highest BCUT2D eigenvalue weighted by Gasteiger charge is 2.12. The number of aromatic nitrogens is 2. The van der Waals surface area contributed by atoms with Gasteiger partial charge in [0.1, 0.15) is 5.82 Å². The molecule has 0 aliphatic rings. The van der Waals surface area contributed by atoms with E-state index in [1.165, 1.54) is 0 Å². The second-order valence-electron chi connectivity index (χ2n) is 6.78. The number of H-pyrrole nitrogens is 1. The Labute approximate surface area is 169 Å². The fourth-order valence-corrected chi connectivity index (χ4v) is 3.13. The summed E-state index contributed by atoms with van der Waals surface area (Å²) in [5.41, 5.74) is 1.52. The molecule has 0 spiro atoms. The van der Waals surface area contributed by atoms with Crippen molar-refractivity contribution in [2.75, 3.05) is 27.8 Å². The van der Waals surface area contributed by atoms with Crippen molar-refractivity contribution in [3.05, 3.63) is 64.2 Å². The lowest BCUT2D eigenvalue weighted by atomic mass is 10.1. The van der Waals surface area contributed by atoms with Gasteiger partial charge in [0.15, 0.2) is 11.5 Å². The van der Waals surface area contributed by atoms with E-state index < -0.39 is 0 Å². The van der Waals surface area contributed by atoms with Crippen molar-refractivity contribution >= 4 is 16.8 Å². The van der Waals surface area contributed by atoms with Crippen LogP contribution in [-0.2, 0) is 17.6 Å². The van der Waals surface area contributed by atoms with Gasteiger partial charge in [0, 0.05) is 26.4 Å². The van der Waals surface area contributed by atoms with E-state index in [1.807, 2.05) is 24.3 Å². The second kappa shape index (κ2) is 9.23. The maximum atomic E-state index is 12.5. The molecule has 0 aliphatic heterocycles. The number of methoxy groups -OCH3 is 2. The minimum Gasteiger partial charge on any atom is -0.493 e. The Balaban J connectivity index is 1.56. The first-order chi connectivity index (χ1) is 14.0. The first-order valence-electron chi connectivity index (χ1n) is 9.44. The third kappa shape index (κ3) is 4.93. The van der Waals surface area contributed by atoms with Crippen molar-refractivity contribution in [1.29, 1.82) is 0 Å². The number of likely N-dealkylation sites (N-methyl/N-ethyl adjacent to an activating group) is 1. The summed E-state index contributed by atoms with van der Waals surface area (Å²) >= 11 is 0. The minimum absolute atomic E-state index is 0.00119. The number of amides is 1. The van der Waals surface area contributed by atoms with Gasteiger partial charge in [-0.05, 0) is 36.2 Å². The van der Waals surface area contributed by atoms with Crippen molar-refractivity contribution in [3.63, 3.8) is 0 Å². The zero-order chi connectivity index (χ0) is 20.8. The number of carbonyl (C=O) groups excluding carboxylic acids is 1. The van der Waals surface area contributed by atoms with E-state index >= 15 is 0 Å².